The smallest absolute Gasteiger partial charge is 0.175 e. The topological polar surface area (TPSA) is 79.7 Å². The number of rotatable bonds is 13. The first kappa shape index (κ1) is 22.5. The number of hydrogen-bond acceptors (Lipinski definition) is 5. The van der Waals surface area contributed by atoms with Gasteiger partial charge in [-0.25, -0.2) is 0 Å². The van der Waals surface area contributed by atoms with Crippen LogP contribution in [0, 0.1) is 5.41 Å². The van der Waals surface area contributed by atoms with Crippen molar-refractivity contribution in [1.82, 2.24) is 0 Å². The largest absolute Gasteiger partial charge is 0.381 e. The maximum atomic E-state index is 6.15. The van der Waals surface area contributed by atoms with E-state index in [1.54, 1.807) is 0 Å². The Kier molecular flexibility index (Phi) is 9.01. The van der Waals surface area contributed by atoms with Gasteiger partial charge in [0.25, 0.3) is 0 Å². The summed E-state index contributed by atoms with van der Waals surface area (Å²) in [7, 11) is 1.84. The highest BCUT2D eigenvalue weighted by Gasteiger charge is 2.38. The van der Waals surface area contributed by atoms with E-state index >= 15 is 0 Å². The van der Waals surface area contributed by atoms with E-state index in [1.807, 2.05) is 20.9 Å². The first-order chi connectivity index (χ1) is 11.6. The van der Waals surface area contributed by atoms with Crippen molar-refractivity contribution in [3.8, 4) is 0 Å². The SMILES string of the molecule is C/C=C(/C)CCC1(COCCCC[N+](C)(N)OC(C)(N)CC)COC1. The fraction of sp³-hybridized carbons (Fsp3) is 0.895. The summed E-state index contributed by atoms with van der Waals surface area (Å²) in [5.41, 5.74) is 6.98. The third kappa shape index (κ3) is 8.62. The Hall–Kier alpha value is -0.500. The molecule has 0 radical (unpaired) electrons. The highest BCUT2D eigenvalue weighted by Crippen LogP contribution is 2.34. The van der Waals surface area contributed by atoms with Gasteiger partial charge in [0.05, 0.1) is 19.8 Å². The zero-order valence-electron chi connectivity index (χ0n) is 17.0. The first-order valence-electron chi connectivity index (χ1n) is 9.55. The number of hydroxylamine groups is 2. The summed E-state index contributed by atoms with van der Waals surface area (Å²) in [5.74, 6) is 6.15. The second-order valence-electron chi connectivity index (χ2n) is 8.04. The van der Waals surface area contributed by atoms with Crippen LogP contribution in [0.15, 0.2) is 11.6 Å². The van der Waals surface area contributed by atoms with Crippen molar-refractivity contribution in [2.24, 2.45) is 17.0 Å². The van der Waals surface area contributed by atoms with Crippen LogP contribution in [0.25, 0.3) is 0 Å². The van der Waals surface area contributed by atoms with Gasteiger partial charge < -0.3 is 9.47 Å². The molecule has 1 aliphatic heterocycles. The van der Waals surface area contributed by atoms with Crippen LogP contribution in [0.3, 0.4) is 0 Å². The summed E-state index contributed by atoms with van der Waals surface area (Å²) in [5, 5.41) is 0. The maximum Gasteiger partial charge on any atom is 0.175 e. The van der Waals surface area contributed by atoms with Gasteiger partial charge in [0.1, 0.15) is 13.6 Å². The number of nitrogens with zero attached hydrogens (tertiary/aromatic N) is 1. The summed E-state index contributed by atoms with van der Waals surface area (Å²) >= 11 is 0. The van der Waals surface area contributed by atoms with Gasteiger partial charge >= 0.3 is 0 Å². The van der Waals surface area contributed by atoms with Crippen LogP contribution in [-0.2, 0) is 14.3 Å². The Morgan fingerprint density at radius 3 is 2.56 bits per heavy atom. The molecule has 0 aromatic heterocycles. The lowest BCUT2D eigenvalue weighted by molar-refractivity contribution is -1.11. The van der Waals surface area contributed by atoms with E-state index in [9.17, 15) is 0 Å². The van der Waals surface area contributed by atoms with Gasteiger partial charge in [0, 0.05) is 18.4 Å². The third-order valence-electron chi connectivity index (χ3n) is 5.03. The van der Waals surface area contributed by atoms with E-state index < -0.39 is 5.72 Å². The first-order valence-corrected chi connectivity index (χ1v) is 9.55. The predicted octanol–water partition coefficient (Wildman–Crippen LogP) is 2.88. The molecule has 1 rings (SSSR count). The Labute approximate surface area is 154 Å². The Bertz CT molecular complexity index is 418. The standard InChI is InChI=1S/C19H40N3O3/c1-6-17(3)10-11-19(15-24-16-19)14-23-13-9-8-12-22(5,21)25-18(4,20)7-2/h6H,7-16,20-21H2,1-5H3/q+1/b17-6-. The molecule has 0 bridgehead atoms. The second kappa shape index (κ2) is 10.00. The molecule has 1 fully saturated rings. The fourth-order valence-electron chi connectivity index (χ4n) is 2.80. The lowest BCUT2D eigenvalue weighted by atomic mass is 9.81. The van der Waals surface area contributed by atoms with Crippen LogP contribution in [-0.4, -0.2) is 50.5 Å². The lowest BCUT2D eigenvalue weighted by Crippen LogP contribution is -2.59. The summed E-state index contributed by atoms with van der Waals surface area (Å²) in [6, 6.07) is 0. The average Bonchev–Trinajstić information content (AvgIpc) is 2.50. The highest BCUT2D eigenvalue weighted by molar-refractivity contribution is 4.98. The van der Waals surface area contributed by atoms with Crippen LogP contribution in [0.4, 0.5) is 0 Å². The summed E-state index contributed by atoms with van der Waals surface area (Å²) in [4.78, 5) is 5.76. The predicted molar refractivity (Wildman–Crippen MR) is 101 cm³/mol. The lowest BCUT2D eigenvalue weighted by Gasteiger charge is -2.41. The molecule has 1 heterocycles. The second-order valence-corrected chi connectivity index (χ2v) is 8.04. The van der Waals surface area contributed by atoms with Crippen LogP contribution < -0.4 is 11.6 Å². The Morgan fingerprint density at radius 2 is 2.04 bits per heavy atom. The van der Waals surface area contributed by atoms with E-state index in [0.717, 1.165) is 58.5 Å². The van der Waals surface area contributed by atoms with Crippen molar-refractivity contribution in [2.75, 3.05) is 40.0 Å². The average molecular weight is 359 g/mol. The quantitative estimate of drug-likeness (QED) is 0.132. The number of ether oxygens (including phenoxy) is 2. The molecule has 2 atom stereocenters. The van der Waals surface area contributed by atoms with E-state index in [1.165, 1.54) is 5.57 Å². The van der Waals surface area contributed by atoms with Crippen molar-refractivity contribution < 1.29 is 19.1 Å². The van der Waals surface area contributed by atoms with E-state index in [4.69, 9.17) is 25.9 Å². The van der Waals surface area contributed by atoms with Gasteiger partial charge in [-0.05, 0) is 46.5 Å². The molecule has 148 valence electrons. The van der Waals surface area contributed by atoms with Gasteiger partial charge in [-0.2, -0.15) is 4.84 Å². The monoisotopic (exact) mass is 358 g/mol. The molecule has 1 aliphatic rings. The van der Waals surface area contributed by atoms with Gasteiger partial charge in [-0.15, -0.1) is 10.6 Å². The molecule has 0 saturated carbocycles. The van der Waals surface area contributed by atoms with Crippen molar-refractivity contribution in [1.29, 1.82) is 0 Å². The van der Waals surface area contributed by atoms with Crippen LogP contribution >= 0.6 is 0 Å². The number of quaternary nitrogens is 1. The Balaban J connectivity index is 2.18. The van der Waals surface area contributed by atoms with Crippen molar-refractivity contribution >= 4 is 0 Å². The zero-order chi connectivity index (χ0) is 19.0. The number of nitrogens with two attached hydrogens (primary N) is 2. The van der Waals surface area contributed by atoms with E-state index in [2.05, 4.69) is 19.9 Å². The molecule has 2 unspecified atom stereocenters. The van der Waals surface area contributed by atoms with Crippen molar-refractivity contribution in [3.63, 3.8) is 0 Å². The number of unbranched alkanes of at least 4 members (excludes halogenated alkanes) is 1. The van der Waals surface area contributed by atoms with Gasteiger partial charge in [-0.1, -0.05) is 18.6 Å². The van der Waals surface area contributed by atoms with E-state index in [-0.39, 0.29) is 10.2 Å². The molecule has 1 saturated heterocycles. The molecule has 0 amide bonds. The van der Waals surface area contributed by atoms with Crippen LogP contribution in [0.1, 0.15) is 59.8 Å². The summed E-state index contributed by atoms with van der Waals surface area (Å²) in [6.07, 6.45) is 7.07. The number of allylic oxidation sites excluding steroid dienone is 2. The minimum Gasteiger partial charge on any atom is -0.381 e. The Morgan fingerprint density at radius 1 is 1.36 bits per heavy atom. The van der Waals surface area contributed by atoms with Gasteiger partial charge in [0.15, 0.2) is 5.72 Å². The molecular formula is C19H40N3O3+. The van der Waals surface area contributed by atoms with Gasteiger partial charge in [-0.3, -0.25) is 5.73 Å². The molecule has 0 aliphatic carbocycles. The summed E-state index contributed by atoms with van der Waals surface area (Å²) in [6.45, 7) is 12.0. The van der Waals surface area contributed by atoms with Crippen molar-refractivity contribution in [3.05, 3.63) is 11.6 Å². The molecule has 4 N–H and O–H groups in total. The van der Waals surface area contributed by atoms with Crippen molar-refractivity contribution in [2.45, 2.75) is 65.5 Å². The molecule has 0 aromatic carbocycles. The zero-order valence-corrected chi connectivity index (χ0v) is 17.0. The molecule has 6 heteroatoms. The molecule has 0 aromatic rings. The maximum absolute atomic E-state index is 6.15. The minimum atomic E-state index is -0.693. The fourth-order valence-corrected chi connectivity index (χ4v) is 2.80. The van der Waals surface area contributed by atoms with E-state index in [0.29, 0.717) is 6.54 Å². The molecular weight excluding hydrogens is 318 g/mol. The molecule has 25 heavy (non-hydrogen) atoms. The molecule has 0 spiro atoms. The third-order valence-corrected chi connectivity index (χ3v) is 5.03. The minimum absolute atomic E-state index is 0.0127. The summed E-state index contributed by atoms with van der Waals surface area (Å²) < 4.78 is 11.4. The molecule has 6 nitrogen and oxygen atoms in total. The number of hydrogen-bond donors (Lipinski definition) is 2. The van der Waals surface area contributed by atoms with Crippen LogP contribution in [0.5, 0.6) is 0 Å². The highest BCUT2D eigenvalue weighted by atomic mass is 16.8. The normalized spacial score (nSPS) is 22.1. The van der Waals surface area contributed by atoms with Gasteiger partial charge in [0.2, 0.25) is 0 Å². The van der Waals surface area contributed by atoms with Crippen LogP contribution in [0.2, 0.25) is 0 Å².